The molecule has 1 aliphatic heterocycles. The molecule has 0 bridgehead atoms. The lowest BCUT2D eigenvalue weighted by atomic mass is 10.1. The van der Waals surface area contributed by atoms with Gasteiger partial charge in [0.15, 0.2) is 0 Å². The minimum Gasteiger partial charge on any atom is -0.478 e. The van der Waals surface area contributed by atoms with Crippen LogP contribution in [0.4, 0.5) is 14.9 Å². The van der Waals surface area contributed by atoms with E-state index in [0.717, 1.165) is 12.5 Å². The number of ether oxygens (including phenoxy) is 1. The number of nitrogens with one attached hydrogen (secondary N) is 1. The molecule has 7 heteroatoms. The van der Waals surface area contributed by atoms with E-state index in [1.165, 1.54) is 17.0 Å². The van der Waals surface area contributed by atoms with Crippen molar-refractivity contribution in [2.75, 3.05) is 19.0 Å². The molecule has 2 unspecified atom stereocenters. The predicted octanol–water partition coefficient (Wildman–Crippen LogP) is 2.17. The molecule has 21 heavy (non-hydrogen) atoms. The number of carboxylic acid groups (broad SMARTS) is 1. The van der Waals surface area contributed by atoms with E-state index in [4.69, 9.17) is 9.84 Å². The molecule has 0 aromatic heterocycles. The van der Waals surface area contributed by atoms with E-state index in [1.54, 1.807) is 7.05 Å². The number of carbonyl (C=O) groups is 2. The first-order chi connectivity index (χ1) is 9.90. The third kappa shape index (κ3) is 3.30. The summed E-state index contributed by atoms with van der Waals surface area (Å²) in [7, 11) is 1.62. The summed E-state index contributed by atoms with van der Waals surface area (Å²) in [5.41, 5.74) is -0.222. The highest BCUT2D eigenvalue weighted by molar-refractivity contribution is 5.91. The monoisotopic (exact) mass is 296 g/mol. The Labute approximate surface area is 121 Å². The van der Waals surface area contributed by atoms with Crippen LogP contribution in [0.3, 0.4) is 0 Å². The fourth-order valence-corrected chi connectivity index (χ4v) is 2.33. The third-order valence-corrected chi connectivity index (χ3v) is 3.61. The van der Waals surface area contributed by atoms with Gasteiger partial charge in [-0.05, 0) is 31.5 Å². The highest BCUT2D eigenvalue weighted by Crippen LogP contribution is 2.20. The van der Waals surface area contributed by atoms with Crippen molar-refractivity contribution in [2.45, 2.75) is 25.5 Å². The maximum atomic E-state index is 13.8. The second-order valence-corrected chi connectivity index (χ2v) is 4.97. The van der Waals surface area contributed by atoms with Crippen LogP contribution < -0.4 is 5.32 Å². The van der Waals surface area contributed by atoms with E-state index >= 15 is 0 Å². The molecule has 1 aromatic carbocycles. The summed E-state index contributed by atoms with van der Waals surface area (Å²) in [6, 6.07) is 2.83. The molecule has 2 rings (SSSR count). The predicted molar refractivity (Wildman–Crippen MR) is 74.0 cm³/mol. The Hall–Kier alpha value is -2.15. The molecule has 2 amide bonds. The van der Waals surface area contributed by atoms with Gasteiger partial charge in [0.2, 0.25) is 0 Å². The van der Waals surface area contributed by atoms with Gasteiger partial charge >= 0.3 is 12.0 Å². The van der Waals surface area contributed by atoms with Gasteiger partial charge in [0, 0.05) is 13.7 Å². The van der Waals surface area contributed by atoms with Crippen LogP contribution in [-0.2, 0) is 4.74 Å². The maximum absolute atomic E-state index is 13.8. The van der Waals surface area contributed by atoms with Crippen molar-refractivity contribution in [1.29, 1.82) is 0 Å². The Morgan fingerprint density at radius 1 is 1.48 bits per heavy atom. The molecule has 1 heterocycles. The van der Waals surface area contributed by atoms with Gasteiger partial charge in [-0.1, -0.05) is 0 Å². The summed E-state index contributed by atoms with van der Waals surface area (Å²) < 4.78 is 19.2. The maximum Gasteiger partial charge on any atom is 0.335 e. The number of hydrogen-bond acceptors (Lipinski definition) is 3. The summed E-state index contributed by atoms with van der Waals surface area (Å²) in [6.07, 6.45) is 0.658. The molecule has 114 valence electrons. The number of rotatable bonds is 3. The van der Waals surface area contributed by atoms with Crippen LogP contribution in [-0.4, -0.2) is 47.8 Å². The largest absolute Gasteiger partial charge is 0.478 e. The minimum atomic E-state index is -1.22. The molecular weight excluding hydrogens is 279 g/mol. The van der Waals surface area contributed by atoms with E-state index in [0.29, 0.717) is 6.61 Å². The lowest BCUT2D eigenvalue weighted by Crippen LogP contribution is -2.43. The number of urea groups is 1. The van der Waals surface area contributed by atoms with Gasteiger partial charge in [0.1, 0.15) is 5.82 Å². The number of benzene rings is 1. The molecule has 1 aromatic rings. The number of aromatic carboxylic acids is 1. The van der Waals surface area contributed by atoms with Crippen molar-refractivity contribution in [3.8, 4) is 0 Å². The van der Waals surface area contributed by atoms with Gasteiger partial charge in [-0.3, -0.25) is 0 Å². The number of carbonyl (C=O) groups excluding carboxylic acids is 1. The second kappa shape index (κ2) is 6.09. The van der Waals surface area contributed by atoms with Crippen molar-refractivity contribution in [3.05, 3.63) is 29.6 Å². The fourth-order valence-electron chi connectivity index (χ4n) is 2.33. The zero-order valence-corrected chi connectivity index (χ0v) is 11.8. The summed E-state index contributed by atoms with van der Waals surface area (Å²) in [6.45, 7) is 2.47. The Kier molecular flexibility index (Phi) is 4.42. The van der Waals surface area contributed by atoms with Crippen molar-refractivity contribution >= 4 is 17.7 Å². The highest BCUT2D eigenvalue weighted by Gasteiger charge is 2.30. The van der Waals surface area contributed by atoms with Gasteiger partial charge < -0.3 is 20.1 Å². The topological polar surface area (TPSA) is 78.9 Å². The lowest BCUT2D eigenvalue weighted by Gasteiger charge is -2.27. The Morgan fingerprint density at radius 2 is 2.19 bits per heavy atom. The van der Waals surface area contributed by atoms with Crippen LogP contribution in [0.1, 0.15) is 23.7 Å². The van der Waals surface area contributed by atoms with E-state index < -0.39 is 17.8 Å². The Balaban J connectivity index is 2.07. The van der Waals surface area contributed by atoms with Gasteiger partial charge in [-0.2, -0.15) is 0 Å². The standard InChI is InChI=1S/C14H17FN2O4/c1-8-12(5-6-21-8)17(2)14(20)16-11-4-3-9(13(18)19)7-10(11)15/h3-4,7-8,12H,5-6H2,1-2H3,(H,16,20)(H,18,19). The molecule has 0 spiro atoms. The molecule has 0 saturated carbocycles. The summed E-state index contributed by atoms with van der Waals surface area (Å²) in [5.74, 6) is -2.01. The van der Waals surface area contributed by atoms with Crippen molar-refractivity contribution < 1.29 is 23.8 Å². The quantitative estimate of drug-likeness (QED) is 0.896. The smallest absolute Gasteiger partial charge is 0.335 e. The molecule has 1 aliphatic rings. The summed E-state index contributed by atoms with van der Waals surface area (Å²) >= 11 is 0. The van der Waals surface area contributed by atoms with Crippen molar-refractivity contribution in [2.24, 2.45) is 0 Å². The zero-order chi connectivity index (χ0) is 15.6. The van der Waals surface area contributed by atoms with Crippen molar-refractivity contribution in [3.63, 3.8) is 0 Å². The average Bonchev–Trinajstić information content (AvgIpc) is 2.86. The number of amides is 2. The highest BCUT2D eigenvalue weighted by atomic mass is 19.1. The molecule has 0 aliphatic carbocycles. The van der Waals surface area contributed by atoms with Gasteiger partial charge in [-0.25, -0.2) is 14.0 Å². The Bertz CT molecular complexity index is 564. The van der Waals surface area contributed by atoms with E-state index in [9.17, 15) is 14.0 Å². The normalized spacial score (nSPS) is 21.1. The average molecular weight is 296 g/mol. The summed E-state index contributed by atoms with van der Waals surface area (Å²) in [5, 5.41) is 11.2. The van der Waals surface area contributed by atoms with Crippen LogP contribution in [0.5, 0.6) is 0 Å². The van der Waals surface area contributed by atoms with Crippen LogP contribution in [0.15, 0.2) is 18.2 Å². The number of halogens is 1. The first-order valence-electron chi connectivity index (χ1n) is 6.58. The lowest BCUT2D eigenvalue weighted by molar-refractivity contribution is 0.0696. The van der Waals surface area contributed by atoms with E-state index in [2.05, 4.69) is 5.32 Å². The van der Waals surface area contributed by atoms with Gasteiger partial charge in [0.05, 0.1) is 23.4 Å². The number of carboxylic acids is 1. The van der Waals surface area contributed by atoms with Gasteiger partial charge in [0.25, 0.3) is 0 Å². The van der Waals surface area contributed by atoms with Gasteiger partial charge in [-0.15, -0.1) is 0 Å². The molecule has 0 radical (unpaired) electrons. The zero-order valence-electron chi connectivity index (χ0n) is 11.8. The first kappa shape index (κ1) is 15.2. The fraction of sp³-hybridized carbons (Fsp3) is 0.429. The van der Waals surface area contributed by atoms with E-state index in [-0.39, 0.29) is 23.4 Å². The first-order valence-corrected chi connectivity index (χ1v) is 6.58. The van der Waals surface area contributed by atoms with Crippen LogP contribution in [0, 0.1) is 5.82 Å². The van der Waals surface area contributed by atoms with Crippen LogP contribution >= 0.6 is 0 Å². The number of nitrogens with zero attached hydrogens (tertiary/aromatic N) is 1. The minimum absolute atomic E-state index is 0.0524. The molecule has 2 atom stereocenters. The number of hydrogen-bond donors (Lipinski definition) is 2. The van der Waals surface area contributed by atoms with Crippen molar-refractivity contribution in [1.82, 2.24) is 4.90 Å². The molecule has 1 fully saturated rings. The third-order valence-electron chi connectivity index (χ3n) is 3.61. The SMILES string of the molecule is CC1OCCC1N(C)C(=O)Nc1ccc(C(=O)O)cc1F. The number of anilines is 1. The number of likely N-dealkylation sites (N-methyl/N-ethyl adjacent to an activating group) is 1. The molecule has 1 saturated heterocycles. The van der Waals surface area contributed by atoms with E-state index in [1.807, 2.05) is 6.92 Å². The molecule has 6 nitrogen and oxygen atoms in total. The summed E-state index contributed by atoms with van der Waals surface area (Å²) in [4.78, 5) is 24.3. The van der Waals surface area contributed by atoms with Crippen LogP contribution in [0.2, 0.25) is 0 Å². The second-order valence-electron chi connectivity index (χ2n) is 4.97. The molecular formula is C14H17FN2O4. The van der Waals surface area contributed by atoms with Crippen LogP contribution in [0.25, 0.3) is 0 Å². The molecule has 2 N–H and O–H groups in total. The Morgan fingerprint density at radius 3 is 2.71 bits per heavy atom.